The highest BCUT2D eigenvalue weighted by Gasteiger charge is 2.30. The Hall–Kier alpha value is -2.87. The molecule has 0 bridgehead atoms. The molecule has 0 fully saturated rings. The first-order valence-electron chi connectivity index (χ1n) is 10.6. The van der Waals surface area contributed by atoms with E-state index in [9.17, 15) is 18.0 Å². The quantitative estimate of drug-likeness (QED) is 0.592. The maximum atomic E-state index is 13.4. The van der Waals surface area contributed by atoms with Gasteiger partial charge in [0, 0.05) is 13.1 Å². The van der Waals surface area contributed by atoms with Gasteiger partial charge in [-0.3, -0.25) is 13.9 Å². The van der Waals surface area contributed by atoms with Gasteiger partial charge < -0.3 is 10.2 Å². The molecule has 0 radical (unpaired) electrons. The molecular formula is C24H33N3O4S. The second-order valence-corrected chi connectivity index (χ2v) is 10.3. The fourth-order valence-electron chi connectivity index (χ4n) is 3.21. The molecule has 0 aliphatic heterocycles. The Kier molecular flexibility index (Phi) is 8.83. The van der Waals surface area contributed by atoms with Gasteiger partial charge in [-0.2, -0.15) is 0 Å². The number of hydrogen-bond acceptors (Lipinski definition) is 4. The van der Waals surface area contributed by atoms with Crippen LogP contribution in [0.15, 0.2) is 54.6 Å². The number of carbonyl (C=O) groups excluding carboxylic acids is 2. The lowest BCUT2D eigenvalue weighted by Gasteiger charge is -2.31. The zero-order chi connectivity index (χ0) is 23.9. The van der Waals surface area contributed by atoms with E-state index in [2.05, 4.69) is 5.32 Å². The van der Waals surface area contributed by atoms with Crippen LogP contribution in [0.5, 0.6) is 0 Å². The first-order valence-corrected chi connectivity index (χ1v) is 12.5. The van der Waals surface area contributed by atoms with Crippen LogP contribution in [0.3, 0.4) is 0 Å². The van der Waals surface area contributed by atoms with E-state index in [1.54, 1.807) is 25.1 Å². The molecule has 0 saturated heterocycles. The number of sulfonamides is 1. The molecule has 8 heteroatoms. The number of aryl methyl sites for hydroxylation is 1. The molecule has 7 nitrogen and oxygen atoms in total. The molecule has 0 aliphatic carbocycles. The van der Waals surface area contributed by atoms with Crippen molar-refractivity contribution in [2.45, 2.75) is 40.3 Å². The minimum absolute atomic E-state index is 0.196. The fraction of sp³-hybridized carbons (Fsp3) is 0.417. The molecular weight excluding hydrogens is 426 g/mol. The largest absolute Gasteiger partial charge is 0.354 e. The number of nitrogens with zero attached hydrogens (tertiary/aromatic N) is 2. The molecule has 32 heavy (non-hydrogen) atoms. The average molecular weight is 460 g/mol. The Balaban J connectivity index is 2.33. The summed E-state index contributed by atoms with van der Waals surface area (Å²) in [4.78, 5) is 27.6. The molecule has 1 N–H and O–H groups in total. The summed E-state index contributed by atoms with van der Waals surface area (Å²) in [6.07, 6.45) is 1.07. The van der Waals surface area contributed by atoms with Gasteiger partial charge >= 0.3 is 0 Å². The van der Waals surface area contributed by atoms with Gasteiger partial charge in [0.15, 0.2) is 0 Å². The van der Waals surface area contributed by atoms with Crippen LogP contribution < -0.4 is 9.62 Å². The van der Waals surface area contributed by atoms with Crippen molar-refractivity contribution in [3.05, 3.63) is 65.7 Å². The molecule has 0 aromatic heterocycles. The third kappa shape index (κ3) is 7.37. The van der Waals surface area contributed by atoms with Crippen molar-refractivity contribution < 1.29 is 18.0 Å². The molecule has 174 valence electrons. The van der Waals surface area contributed by atoms with Gasteiger partial charge in [-0.1, -0.05) is 56.3 Å². The van der Waals surface area contributed by atoms with Crippen LogP contribution in [0, 0.1) is 12.8 Å². The van der Waals surface area contributed by atoms with Crippen molar-refractivity contribution in [1.82, 2.24) is 10.2 Å². The van der Waals surface area contributed by atoms with Crippen molar-refractivity contribution in [2.24, 2.45) is 5.92 Å². The van der Waals surface area contributed by atoms with Crippen LogP contribution in [0.2, 0.25) is 0 Å². The predicted molar refractivity (Wildman–Crippen MR) is 128 cm³/mol. The van der Waals surface area contributed by atoms with Gasteiger partial charge in [-0.05, 0) is 43.0 Å². The summed E-state index contributed by atoms with van der Waals surface area (Å²) >= 11 is 0. The summed E-state index contributed by atoms with van der Waals surface area (Å²) in [7, 11) is -3.72. The van der Waals surface area contributed by atoms with Crippen LogP contribution in [-0.2, 0) is 26.2 Å². The molecule has 2 amide bonds. The first-order chi connectivity index (χ1) is 15.0. The maximum absolute atomic E-state index is 13.4. The summed E-state index contributed by atoms with van der Waals surface area (Å²) in [5.74, 6) is -0.455. The minimum atomic E-state index is -3.72. The summed E-state index contributed by atoms with van der Waals surface area (Å²) in [5.41, 5.74) is 2.15. The molecule has 0 saturated carbocycles. The summed E-state index contributed by atoms with van der Waals surface area (Å²) in [5, 5.41) is 2.86. The fourth-order valence-corrected chi connectivity index (χ4v) is 4.05. The number of hydrogen-bond donors (Lipinski definition) is 1. The summed E-state index contributed by atoms with van der Waals surface area (Å²) < 4.78 is 26.1. The lowest BCUT2D eigenvalue weighted by atomic mass is 10.1. The molecule has 0 unspecified atom stereocenters. The normalized spacial score (nSPS) is 12.3. The summed E-state index contributed by atoms with van der Waals surface area (Å²) in [6, 6.07) is 15.5. The molecule has 0 spiro atoms. The second-order valence-electron chi connectivity index (χ2n) is 8.43. The monoisotopic (exact) mass is 459 g/mol. The van der Waals surface area contributed by atoms with E-state index in [0.717, 1.165) is 21.7 Å². The van der Waals surface area contributed by atoms with Gasteiger partial charge in [0.05, 0.1) is 11.9 Å². The second kappa shape index (κ2) is 11.1. The Morgan fingerprint density at radius 2 is 1.66 bits per heavy atom. The number of benzene rings is 2. The van der Waals surface area contributed by atoms with Gasteiger partial charge in [0.2, 0.25) is 21.8 Å². The van der Waals surface area contributed by atoms with E-state index in [0.29, 0.717) is 12.2 Å². The van der Waals surface area contributed by atoms with E-state index in [1.165, 1.54) is 4.90 Å². The zero-order valence-electron chi connectivity index (χ0n) is 19.4. The van der Waals surface area contributed by atoms with Crippen molar-refractivity contribution in [1.29, 1.82) is 0 Å². The number of rotatable bonds is 10. The Labute approximate surface area is 191 Å². The van der Waals surface area contributed by atoms with Crippen LogP contribution in [-0.4, -0.2) is 50.5 Å². The molecule has 2 rings (SSSR count). The number of anilines is 1. The molecule has 2 aromatic rings. The predicted octanol–water partition coefficient (Wildman–Crippen LogP) is 2.95. The third-order valence-electron chi connectivity index (χ3n) is 5.02. The van der Waals surface area contributed by atoms with E-state index in [1.807, 2.05) is 57.2 Å². The Morgan fingerprint density at radius 1 is 1.00 bits per heavy atom. The minimum Gasteiger partial charge on any atom is -0.354 e. The van der Waals surface area contributed by atoms with Crippen molar-refractivity contribution in [3.8, 4) is 0 Å². The van der Waals surface area contributed by atoms with Gasteiger partial charge in [0.25, 0.3) is 0 Å². The van der Waals surface area contributed by atoms with E-state index < -0.39 is 28.5 Å². The van der Waals surface area contributed by atoms with Crippen molar-refractivity contribution in [3.63, 3.8) is 0 Å². The van der Waals surface area contributed by atoms with Crippen LogP contribution in [0.1, 0.15) is 31.9 Å². The maximum Gasteiger partial charge on any atom is 0.244 e. The van der Waals surface area contributed by atoms with Crippen molar-refractivity contribution in [2.75, 3.05) is 23.7 Å². The van der Waals surface area contributed by atoms with Gasteiger partial charge in [-0.15, -0.1) is 0 Å². The first kappa shape index (κ1) is 25.4. The topological polar surface area (TPSA) is 86.8 Å². The van der Waals surface area contributed by atoms with E-state index in [-0.39, 0.29) is 18.4 Å². The Morgan fingerprint density at radius 3 is 2.22 bits per heavy atom. The smallest absolute Gasteiger partial charge is 0.244 e. The highest BCUT2D eigenvalue weighted by molar-refractivity contribution is 7.92. The van der Waals surface area contributed by atoms with E-state index in [4.69, 9.17) is 0 Å². The van der Waals surface area contributed by atoms with Gasteiger partial charge in [0.1, 0.15) is 12.6 Å². The van der Waals surface area contributed by atoms with Crippen LogP contribution in [0.4, 0.5) is 5.69 Å². The lowest BCUT2D eigenvalue weighted by molar-refractivity contribution is -0.139. The average Bonchev–Trinajstić information content (AvgIpc) is 2.73. The number of carbonyl (C=O) groups is 2. The van der Waals surface area contributed by atoms with Crippen LogP contribution >= 0.6 is 0 Å². The highest BCUT2D eigenvalue weighted by atomic mass is 32.2. The SMILES string of the molecule is Cc1cccc(N(CC(=O)N(Cc2ccccc2)[C@H](C)C(=O)NCC(C)C)S(C)(=O)=O)c1. The molecule has 1 atom stereocenters. The zero-order valence-corrected chi connectivity index (χ0v) is 20.2. The number of amides is 2. The Bertz CT molecular complexity index is 1020. The van der Waals surface area contributed by atoms with Crippen LogP contribution in [0.25, 0.3) is 0 Å². The molecule has 2 aromatic carbocycles. The lowest BCUT2D eigenvalue weighted by Crippen LogP contribution is -2.51. The number of nitrogens with one attached hydrogen (secondary N) is 1. The molecule has 0 heterocycles. The van der Waals surface area contributed by atoms with Gasteiger partial charge in [-0.25, -0.2) is 8.42 Å². The van der Waals surface area contributed by atoms with E-state index >= 15 is 0 Å². The highest BCUT2D eigenvalue weighted by Crippen LogP contribution is 2.20. The molecule has 0 aliphatic rings. The summed E-state index contributed by atoms with van der Waals surface area (Å²) in [6.45, 7) is 7.80. The standard InChI is InChI=1S/C24H33N3O4S/c1-18(2)15-25-24(29)20(4)26(16-21-11-7-6-8-12-21)23(28)17-27(32(5,30)31)22-13-9-10-19(3)14-22/h6-14,18,20H,15-17H2,1-5H3,(H,25,29)/t20-/m1/s1. The van der Waals surface area contributed by atoms with Crippen molar-refractivity contribution >= 4 is 27.5 Å². The third-order valence-corrected chi connectivity index (χ3v) is 6.16.